The second-order valence-electron chi connectivity index (χ2n) is 6.95. The molecule has 0 saturated carbocycles. The molecule has 7 heteroatoms. The highest BCUT2D eigenvalue weighted by atomic mass is 32.2. The van der Waals surface area contributed by atoms with Crippen LogP contribution in [0.25, 0.3) is 6.08 Å². The van der Waals surface area contributed by atoms with Gasteiger partial charge in [0, 0.05) is 24.5 Å². The van der Waals surface area contributed by atoms with E-state index in [0.29, 0.717) is 10.6 Å². The highest BCUT2D eigenvalue weighted by Crippen LogP contribution is 2.32. The number of amides is 3. The van der Waals surface area contributed by atoms with E-state index in [1.807, 2.05) is 49.4 Å². The van der Waals surface area contributed by atoms with Gasteiger partial charge < -0.3 is 10.2 Å². The third-order valence-corrected chi connectivity index (χ3v) is 5.70. The lowest BCUT2D eigenvalue weighted by atomic mass is 10.1. The molecule has 0 aliphatic carbocycles. The van der Waals surface area contributed by atoms with Crippen molar-refractivity contribution < 1.29 is 14.4 Å². The second kappa shape index (κ2) is 9.63. The van der Waals surface area contributed by atoms with E-state index in [4.69, 9.17) is 0 Å². The second-order valence-corrected chi connectivity index (χ2v) is 7.94. The molecule has 30 heavy (non-hydrogen) atoms. The number of carbonyl (C=O) groups excluding carboxylic acids is 3. The Bertz CT molecular complexity index is 981. The summed E-state index contributed by atoms with van der Waals surface area (Å²) in [5, 5.41) is 2.29. The normalized spacial score (nSPS) is 15.0. The van der Waals surface area contributed by atoms with E-state index in [0.717, 1.165) is 46.6 Å². The van der Waals surface area contributed by atoms with Crippen molar-refractivity contribution in [3.63, 3.8) is 0 Å². The maximum atomic E-state index is 12.7. The minimum absolute atomic E-state index is 0.309. The number of anilines is 2. The molecule has 6 nitrogen and oxygen atoms in total. The third-order valence-electron chi connectivity index (χ3n) is 4.80. The van der Waals surface area contributed by atoms with E-state index in [9.17, 15) is 14.4 Å². The quantitative estimate of drug-likeness (QED) is 0.663. The third kappa shape index (κ3) is 5.10. The molecule has 0 radical (unpaired) electrons. The van der Waals surface area contributed by atoms with Gasteiger partial charge in [0.25, 0.3) is 11.1 Å². The van der Waals surface area contributed by atoms with Gasteiger partial charge in [-0.3, -0.25) is 19.3 Å². The van der Waals surface area contributed by atoms with E-state index in [-0.39, 0.29) is 6.54 Å². The largest absolute Gasteiger partial charge is 0.372 e. The van der Waals surface area contributed by atoms with Gasteiger partial charge in [-0.25, -0.2) is 0 Å². The molecule has 156 valence electrons. The maximum Gasteiger partial charge on any atom is 0.294 e. The molecule has 0 bridgehead atoms. The van der Waals surface area contributed by atoms with Crippen molar-refractivity contribution >= 4 is 46.3 Å². The molecule has 2 aromatic rings. The first-order chi connectivity index (χ1) is 14.4. The van der Waals surface area contributed by atoms with Gasteiger partial charge in [0.05, 0.1) is 4.91 Å². The topological polar surface area (TPSA) is 69.7 Å². The van der Waals surface area contributed by atoms with Gasteiger partial charge in [-0.05, 0) is 74.0 Å². The summed E-state index contributed by atoms with van der Waals surface area (Å²) in [4.78, 5) is 40.8. The van der Waals surface area contributed by atoms with Gasteiger partial charge in [0.1, 0.15) is 6.54 Å². The molecule has 1 fully saturated rings. The summed E-state index contributed by atoms with van der Waals surface area (Å²) in [6.45, 7) is 7.64. The Labute approximate surface area is 180 Å². The fourth-order valence-corrected chi connectivity index (χ4v) is 4.06. The van der Waals surface area contributed by atoms with E-state index >= 15 is 0 Å². The minimum Gasteiger partial charge on any atom is -0.372 e. The highest BCUT2D eigenvalue weighted by Gasteiger charge is 2.36. The summed E-state index contributed by atoms with van der Waals surface area (Å²) in [7, 11) is 0. The van der Waals surface area contributed by atoms with Crippen LogP contribution in [-0.4, -0.2) is 41.6 Å². The Balaban J connectivity index is 1.67. The number of benzene rings is 2. The summed E-state index contributed by atoms with van der Waals surface area (Å²) < 4.78 is 0. The predicted octanol–water partition coefficient (Wildman–Crippen LogP) is 4.52. The Morgan fingerprint density at radius 3 is 2.43 bits per heavy atom. The first-order valence-electron chi connectivity index (χ1n) is 9.88. The number of hydrogen-bond donors (Lipinski definition) is 1. The zero-order valence-corrected chi connectivity index (χ0v) is 18.2. The van der Waals surface area contributed by atoms with Crippen molar-refractivity contribution in [1.29, 1.82) is 0 Å². The average molecular weight is 424 g/mol. The molecule has 1 aliphatic rings. The smallest absolute Gasteiger partial charge is 0.294 e. The molecular formula is C23H25N3O3S. The SMILES string of the molecule is CCN(CC)c1ccc(/C=C2/SC(=O)N(CC(=O)Nc3cccc(C)c3)C2=O)cc1. The summed E-state index contributed by atoms with van der Waals surface area (Å²) in [6, 6.07) is 15.2. The summed E-state index contributed by atoms with van der Waals surface area (Å²) in [5.74, 6) is -0.857. The standard InChI is InChI=1S/C23H25N3O3S/c1-4-25(5-2)19-11-9-17(10-12-19)14-20-22(28)26(23(29)30-20)15-21(27)24-18-8-6-7-16(3)13-18/h6-14H,4-5,15H2,1-3H3,(H,24,27)/b20-14+. The van der Waals surface area contributed by atoms with Crippen LogP contribution in [0.3, 0.4) is 0 Å². The molecule has 1 saturated heterocycles. The number of rotatable bonds is 7. The van der Waals surface area contributed by atoms with Gasteiger partial charge in [-0.2, -0.15) is 0 Å². The predicted molar refractivity (Wildman–Crippen MR) is 122 cm³/mol. The van der Waals surface area contributed by atoms with Crippen molar-refractivity contribution in [1.82, 2.24) is 4.90 Å². The zero-order chi connectivity index (χ0) is 21.7. The molecule has 3 amide bonds. The van der Waals surface area contributed by atoms with Crippen molar-refractivity contribution in [2.24, 2.45) is 0 Å². The first-order valence-corrected chi connectivity index (χ1v) is 10.7. The molecule has 0 atom stereocenters. The van der Waals surface area contributed by atoms with Crippen LogP contribution < -0.4 is 10.2 Å². The van der Waals surface area contributed by atoms with Crippen LogP contribution >= 0.6 is 11.8 Å². The lowest BCUT2D eigenvalue weighted by Crippen LogP contribution is -2.36. The summed E-state index contributed by atoms with van der Waals surface area (Å²) in [5.41, 5.74) is 3.59. The fraction of sp³-hybridized carbons (Fsp3) is 0.261. The highest BCUT2D eigenvalue weighted by molar-refractivity contribution is 8.18. The van der Waals surface area contributed by atoms with Crippen LogP contribution in [-0.2, 0) is 9.59 Å². The van der Waals surface area contributed by atoms with Crippen LogP contribution in [0.15, 0.2) is 53.4 Å². The lowest BCUT2D eigenvalue weighted by Gasteiger charge is -2.20. The molecule has 1 N–H and O–H groups in total. The van der Waals surface area contributed by atoms with E-state index in [2.05, 4.69) is 24.1 Å². The fourth-order valence-electron chi connectivity index (χ4n) is 3.22. The molecule has 0 unspecified atom stereocenters. The van der Waals surface area contributed by atoms with Crippen molar-refractivity contribution in [3.05, 3.63) is 64.6 Å². The number of carbonyl (C=O) groups is 3. The molecular weight excluding hydrogens is 398 g/mol. The van der Waals surface area contributed by atoms with Crippen LogP contribution in [0.1, 0.15) is 25.0 Å². The Morgan fingerprint density at radius 2 is 1.80 bits per heavy atom. The van der Waals surface area contributed by atoms with E-state index in [1.165, 1.54) is 0 Å². The summed E-state index contributed by atoms with van der Waals surface area (Å²) in [6.07, 6.45) is 1.69. The van der Waals surface area contributed by atoms with Gasteiger partial charge in [0.15, 0.2) is 0 Å². The minimum atomic E-state index is -0.447. The van der Waals surface area contributed by atoms with Crippen LogP contribution in [0.5, 0.6) is 0 Å². The van der Waals surface area contributed by atoms with Gasteiger partial charge >= 0.3 is 0 Å². The number of thioether (sulfide) groups is 1. The maximum absolute atomic E-state index is 12.7. The van der Waals surface area contributed by atoms with E-state index < -0.39 is 17.1 Å². The van der Waals surface area contributed by atoms with Crippen LogP contribution in [0.4, 0.5) is 16.2 Å². The number of nitrogens with one attached hydrogen (secondary N) is 1. The Hall–Kier alpha value is -3.06. The number of nitrogens with zero attached hydrogens (tertiary/aromatic N) is 2. The number of imide groups is 1. The van der Waals surface area contributed by atoms with Crippen molar-refractivity contribution in [2.75, 3.05) is 29.9 Å². The number of hydrogen-bond acceptors (Lipinski definition) is 5. The van der Waals surface area contributed by atoms with Gasteiger partial charge in [-0.1, -0.05) is 24.3 Å². The van der Waals surface area contributed by atoms with Crippen LogP contribution in [0.2, 0.25) is 0 Å². The average Bonchev–Trinajstić information content (AvgIpc) is 2.97. The van der Waals surface area contributed by atoms with Crippen LogP contribution in [0, 0.1) is 6.92 Å². The molecule has 2 aromatic carbocycles. The molecule has 0 spiro atoms. The Morgan fingerprint density at radius 1 is 1.10 bits per heavy atom. The first kappa shape index (κ1) is 21.6. The van der Waals surface area contributed by atoms with Crippen molar-refractivity contribution in [2.45, 2.75) is 20.8 Å². The number of aryl methyl sites for hydroxylation is 1. The molecule has 3 rings (SSSR count). The molecule has 1 aliphatic heterocycles. The van der Waals surface area contributed by atoms with E-state index in [1.54, 1.807) is 12.1 Å². The lowest BCUT2D eigenvalue weighted by molar-refractivity contribution is -0.127. The molecule has 1 heterocycles. The molecule has 0 aromatic heterocycles. The Kier molecular flexibility index (Phi) is 6.95. The monoisotopic (exact) mass is 423 g/mol. The summed E-state index contributed by atoms with van der Waals surface area (Å²) >= 11 is 0.855. The van der Waals surface area contributed by atoms with Gasteiger partial charge in [0.2, 0.25) is 5.91 Å². The zero-order valence-electron chi connectivity index (χ0n) is 17.3. The van der Waals surface area contributed by atoms with Gasteiger partial charge in [-0.15, -0.1) is 0 Å². The van der Waals surface area contributed by atoms with Crippen molar-refractivity contribution in [3.8, 4) is 0 Å².